The minimum Gasteiger partial charge on any atom is -0.395 e. The number of benzene rings is 1. The molecule has 4 N–H and O–H groups in total. The average Bonchev–Trinajstić information content (AvgIpc) is 2.73. The standard InChI is InChI=1S/C24H32ClN3O5S/c25-18-4-1-2-5-19(18)34(32,33)28-24(6-3-7-24)21(31)27-23-13-16-10-17(14-23)12-22(11-16,15-23)20(30)26-8-9-29/h1-2,4-5,16-17,28-29H,3,6-15H2,(H,26,30)(H,27,31). The third-order valence-corrected chi connectivity index (χ3v) is 10.5. The van der Waals surface area contributed by atoms with Crippen molar-refractivity contribution in [3.63, 3.8) is 0 Å². The number of carbonyl (C=O) groups is 2. The molecule has 1 aromatic rings. The van der Waals surface area contributed by atoms with Gasteiger partial charge in [0.25, 0.3) is 0 Å². The fourth-order valence-corrected chi connectivity index (χ4v) is 9.22. The van der Waals surface area contributed by atoms with Crippen molar-refractivity contribution in [1.82, 2.24) is 15.4 Å². The van der Waals surface area contributed by atoms with Crippen LogP contribution in [0.2, 0.25) is 5.02 Å². The van der Waals surface area contributed by atoms with E-state index < -0.39 is 26.5 Å². The lowest BCUT2D eigenvalue weighted by atomic mass is 9.46. The topological polar surface area (TPSA) is 125 Å². The number of hydrogen-bond acceptors (Lipinski definition) is 5. The summed E-state index contributed by atoms with van der Waals surface area (Å²) in [5.41, 5.74) is -2.24. The van der Waals surface area contributed by atoms with E-state index in [2.05, 4.69) is 15.4 Å². The Hall–Kier alpha value is -1.68. The Morgan fingerprint density at radius 1 is 1.06 bits per heavy atom. The number of hydrogen-bond donors (Lipinski definition) is 4. The zero-order chi connectivity index (χ0) is 24.2. The van der Waals surface area contributed by atoms with Gasteiger partial charge >= 0.3 is 0 Å². The molecule has 5 fully saturated rings. The van der Waals surface area contributed by atoms with Gasteiger partial charge in [-0.3, -0.25) is 9.59 Å². The third kappa shape index (κ3) is 4.04. The first-order valence-corrected chi connectivity index (χ1v) is 14.0. The highest BCUT2D eigenvalue weighted by atomic mass is 35.5. The molecule has 1 aromatic carbocycles. The van der Waals surface area contributed by atoms with E-state index in [0.29, 0.717) is 31.1 Å². The second kappa shape index (κ2) is 8.47. The molecule has 2 amide bonds. The first-order valence-electron chi connectivity index (χ1n) is 12.1. The van der Waals surface area contributed by atoms with Crippen molar-refractivity contribution in [3.05, 3.63) is 29.3 Å². The Bertz CT molecular complexity index is 1090. The summed E-state index contributed by atoms with van der Waals surface area (Å²) in [6, 6.07) is 6.21. The Labute approximate surface area is 205 Å². The van der Waals surface area contributed by atoms with Crippen molar-refractivity contribution in [1.29, 1.82) is 0 Å². The van der Waals surface area contributed by atoms with Crippen LogP contribution in [-0.4, -0.2) is 49.6 Å². The lowest BCUT2D eigenvalue weighted by Crippen LogP contribution is -2.71. The number of aliphatic hydroxyl groups excluding tert-OH is 1. The molecule has 0 radical (unpaired) electrons. The molecule has 6 rings (SSSR count). The minimum absolute atomic E-state index is 0.0351. The van der Waals surface area contributed by atoms with Crippen molar-refractivity contribution in [2.45, 2.75) is 73.8 Å². The van der Waals surface area contributed by atoms with E-state index in [-0.39, 0.29) is 34.9 Å². The summed E-state index contributed by atoms with van der Waals surface area (Å²) >= 11 is 6.13. The third-order valence-electron chi connectivity index (χ3n) is 8.42. The lowest BCUT2D eigenvalue weighted by Gasteiger charge is -2.62. The van der Waals surface area contributed by atoms with E-state index in [1.807, 2.05) is 0 Å². The summed E-state index contributed by atoms with van der Waals surface area (Å²) in [5, 5.41) is 15.4. The van der Waals surface area contributed by atoms with Crippen LogP contribution in [0.1, 0.15) is 57.8 Å². The first kappa shape index (κ1) is 24.0. The van der Waals surface area contributed by atoms with Gasteiger partial charge in [-0.05, 0) is 81.8 Å². The second-order valence-corrected chi connectivity index (χ2v) is 13.0. The maximum atomic E-state index is 13.7. The molecule has 10 heteroatoms. The monoisotopic (exact) mass is 509 g/mol. The lowest BCUT2D eigenvalue weighted by molar-refractivity contribution is -0.155. The van der Waals surface area contributed by atoms with Crippen molar-refractivity contribution >= 4 is 33.4 Å². The van der Waals surface area contributed by atoms with Crippen LogP contribution in [0.4, 0.5) is 0 Å². The molecule has 0 saturated heterocycles. The molecule has 34 heavy (non-hydrogen) atoms. The number of halogens is 1. The van der Waals surface area contributed by atoms with Crippen LogP contribution in [0.25, 0.3) is 0 Å². The highest BCUT2D eigenvalue weighted by Crippen LogP contribution is 2.61. The number of rotatable bonds is 8. The minimum atomic E-state index is -3.99. The molecule has 5 aliphatic carbocycles. The Morgan fingerprint density at radius 3 is 2.32 bits per heavy atom. The van der Waals surface area contributed by atoms with Crippen LogP contribution in [0, 0.1) is 17.3 Å². The number of sulfonamides is 1. The second-order valence-electron chi connectivity index (χ2n) is 10.9. The van der Waals surface area contributed by atoms with Gasteiger partial charge in [-0.25, -0.2) is 8.42 Å². The van der Waals surface area contributed by atoms with E-state index >= 15 is 0 Å². The van der Waals surface area contributed by atoms with Crippen LogP contribution >= 0.6 is 11.6 Å². The highest BCUT2D eigenvalue weighted by Gasteiger charge is 2.62. The summed E-state index contributed by atoms with van der Waals surface area (Å²) in [6.45, 7) is 0.118. The number of aliphatic hydroxyl groups is 1. The van der Waals surface area contributed by atoms with Crippen LogP contribution in [0.15, 0.2) is 29.2 Å². The Morgan fingerprint density at radius 2 is 1.74 bits per heavy atom. The molecule has 0 aliphatic heterocycles. The average molecular weight is 510 g/mol. The Balaban J connectivity index is 1.37. The number of carbonyl (C=O) groups excluding carboxylic acids is 2. The van der Waals surface area contributed by atoms with E-state index in [9.17, 15) is 18.0 Å². The summed E-state index contributed by atoms with van der Waals surface area (Å²) in [7, 11) is -3.99. The smallest absolute Gasteiger partial charge is 0.243 e. The molecular weight excluding hydrogens is 478 g/mol. The molecule has 8 nitrogen and oxygen atoms in total. The summed E-state index contributed by atoms with van der Waals surface area (Å²) in [5.74, 6) is 0.381. The quantitative estimate of drug-likeness (QED) is 0.427. The summed E-state index contributed by atoms with van der Waals surface area (Å²) in [4.78, 5) is 26.7. The van der Waals surface area contributed by atoms with Crippen molar-refractivity contribution in [2.24, 2.45) is 17.3 Å². The number of nitrogens with one attached hydrogen (secondary N) is 3. The predicted molar refractivity (Wildman–Crippen MR) is 126 cm³/mol. The zero-order valence-corrected chi connectivity index (χ0v) is 20.7. The molecule has 0 heterocycles. The molecule has 4 bridgehead atoms. The van der Waals surface area contributed by atoms with Crippen LogP contribution in [0.3, 0.4) is 0 Å². The fraction of sp³-hybridized carbons (Fsp3) is 0.667. The van der Waals surface area contributed by atoms with Crippen molar-refractivity contribution in [2.75, 3.05) is 13.2 Å². The van der Waals surface area contributed by atoms with Gasteiger partial charge in [-0.1, -0.05) is 23.7 Å². The van der Waals surface area contributed by atoms with E-state index in [1.54, 1.807) is 12.1 Å². The predicted octanol–water partition coefficient (Wildman–Crippen LogP) is 2.10. The van der Waals surface area contributed by atoms with Crippen molar-refractivity contribution in [3.8, 4) is 0 Å². The van der Waals surface area contributed by atoms with Crippen LogP contribution < -0.4 is 15.4 Å². The van der Waals surface area contributed by atoms with Gasteiger partial charge in [-0.15, -0.1) is 0 Å². The van der Waals surface area contributed by atoms with Gasteiger partial charge in [0.1, 0.15) is 10.4 Å². The van der Waals surface area contributed by atoms with Crippen LogP contribution in [0.5, 0.6) is 0 Å². The van der Waals surface area contributed by atoms with E-state index in [1.165, 1.54) is 12.1 Å². The van der Waals surface area contributed by atoms with Gasteiger partial charge < -0.3 is 15.7 Å². The van der Waals surface area contributed by atoms with Gasteiger partial charge in [-0.2, -0.15) is 4.72 Å². The van der Waals surface area contributed by atoms with E-state index in [4.69, 9.17) is 16.7 Å². The number of amides is 2. The maximum absolute atomic E-state index is 13.7. The molecule has 2 unspecified atom stereocenters. The summed E-state index contributed by atoms with van der Waals surface area (Å²) in [6.07, 6.45) is 6.48. The molecule has 5 aliphatic rings. The largest absolute Gasteiger partial charge is 0.395 e. The van der Waals surface area contributed by atoms with Gasteiger partial charge in [0, 0.05) is 12.1 Å². The maximum Gasteiger partial charge on any atom is 0.243 e. The highest BCUT2D eigenvalue weighted by molar-refractivity contribution is 7.89. The van der Waals surface area contributed by atoms with E-state index in [0.717, 1.165) is 38.5 Å². The summed E-state index contributed by atoms with van der Waals surface area (Å²) < 4.78 is 28.9. The normalized spacial score (nSPS) is 33.2. The molecule has 186 valence electrons. The zero-order valence-electron chi connectivity index (χ0n) is 19.1. The molecule has 0 aromatic heterocycles. The SMILES string of the molecule is O=C(NCCO)C12CC3CC(CC(NC(=O)C4(NS(=O)(=O)c5ccccc5Cl)CCC4)(C3)C1)C2. The molecule has 0 spiro atoms. The van der Waals surface area contributed by atoms with Gasteiger partial charge in [0.2, 0.25) is 21.8 Å². The molecule has 5 saturated carbocycles. The van der Waals surface area contributed by atoms with Crippen molar-refractivity contribution < 1.29 is 23.1 Å². The van der Waals surface area contributed by atoms with Gasteiger partial charge in [0.15, 0.2) is 0 Å². The first-order chi connectivity index (χ1) is 16.1. The molecular formula is C24H32ClN3O5S. The molecule has 2 atom stereocenters. The van der Waals surface area contributed by atoms with Crippen LogP contribution in [-0.2, 0) is 19.6 Å². The van der Waals surface area contributed by atoms with Gasteiger partial charge in [0.05, 0.1) is 17.0 Å². The fourth-order valence-electron chi connectivity index (χ4n) is 7.27. The Kier molecular flexibility index (Phi) is 5.98.